The van der Waals surface area contributed by atoms with Gasteiger partial charge >= 0.3 is 24.4 Å². The number of carbonyl (C=O) groups excluding carboxylic acids is 1. The fourth-order valence-corrected chi connectivity index (χ4v) is 3.04. The van der Waals surface area contributed by atoms with E-state index in [-0.39, 0.29) is 16.9 Å². The zero-order valence-corrected chi connectivity index (χ0v) is 16.8. The molecule has 0 fully saturated rings. The first-order valence-corrected chi connectivity index (χ1v) is 9.15. The molecule has 3 aromatic rings. The molecule has 0 N–H and O–H groups in total. The summed E-state index contributed by atoms with van der Waals surface area (Å²) in [5, 5.41) is 3.21. The van der Waals surface area contributed by atoms with Crippen LogP contribution in [0, 0.1) is 0 Å². The van der Waals surface area contributed by atoms with Gasteiger partial charge in [0.25, 0.3) is 5.56 Å². The number of fused-ring (bicyclic) bond motifs is 1. The van der Waals surface area contributed by atoms with Crippen molar-refractivity contribution in [1.29, 1.82) is 0 Å². The number of pyridine rings is 1. The lowest BCUT2D eigenvalue weighted by molar-refractivity contribution is -0.287. The minimum Gasteiger partial charge on any atom is -0.284 e. The fourth-order valence-electron chi connectivity index (χ4n) is 3.04. The Bertz CT molecular complexity index is 1290. The molecule has 0 bridgehead atoms. The molecule has 0 aromatic carbocycles. The summed E-state index contributed by atoms with van der Waals surface area (Å²) in [6, 6.07) is 1.89. The molecule has 0 saturated carbocycles. The molecule has 184 valence electrons. The standard InChI is InChI=1S/C18H12F9N5O2/c1-2-31(15(19)34)10-3-4-32-11(5-10)29-13(17(22,23)24)12(14(32)33)9-6-28-30(7-9)8-16(20,21)18(25,26)27/h3-7H,2,8H2,1H3. The number of nitrogens with zero attached hydrogens (tertiary/aromatic N) is 5. The van der Waals surface area contributed by atoms with Gasteiger partial charge in [-0.3, -0.25) is 18.8 Å². The summed E-state index contributed by atoms with van der Waals surface area (Å²) in [5.41, 5.74) is -5.85. The third-order valence-electron chi connectivity index (χ3n) is 4.62. The van der Waals surface area contributed by atoms with Gasteiger partial charge in [-0.05, 0) is 13.0 Å². The van der Waals surface area contributed by atoms with Gasteiger partial charge in [-0.1, -0.05) is 0 Å². The second-order valence-electron chi connectivity index (χ2n) is 6.88. The maximum absolute atomic E-state index is 13.7. The van der Waals surface area contributed by atoms with Crippen molar-refractivity contribution in [3.63, 3.8) is 0 Å². The van der Waals surface area contributed by atoms with Crippen LogP contribution in [0.15, 0.2) is 35.5 Å². The molecule has 3 aromatic heterocycles. The van der Waals surface area contributed by atoms with Gasteiger partial charge < -0.3 is 0 Å². The van der Waals surface area contributed by atoms with Crippen LogP contribution in [0.2, 0.25) is 0 Å². The first-order valence-electron chi connectivity index (χ1n) is 9.15. The molecule has 0 unspecified atom stereocenters. The van der Waals surface area contributed by atoms with Crippen molar-refractivity contribution in [2.24, 2.45) is 0 Å². The second-order valence-corrected chi connectivity index (χ2v) is 6.88. The molecule has 0 aliphatic carbocycles. The van der Waals surface area contributed by atoms with Gasteiger partial charge in [-0.2, -0.15) is 40.2 Å². The lowest BCUT2D eigenvalue weighted by atomic mass is 10.1. The van der Waals surface area contributed by atoms with Crippen molar-refractivity contribution in [3.05, 3.63) is 46.8 Å². The van der Waals surface area contributed by atoms with Crippen molar-refractivity contribution in [2.75, 3.05) is 11.4 Å². The van der Waals surface area contributed by atoms with Crippen LogP contribution in [0.4, 0.5) is 50.0 Å². The molecule has 0 atom stereocenters. The molecular weight excluding hydrogens is 489 g/mol. The number of halogens is 9. The molecule has 0 aliphatic rings. The van der Waals surface area contributed by atoms with Crippen LogP contribution < -0.4 is 10.5 Å². The third-order valence-corrected chi connectivity index (χ3v) is 4.62. The summed E-state index contributed by atoms with van der Waals surface area (Å²) in [6.07, 6.45) is -11.3. The highest BCUT2D eigenvalue weighted by Crippen LogP contribution is 2.38. The average molecular weight is 501 g/mol. The molecule has 3 rings (SSSR count). The topological polar surface area (TPSA) is 72.5 Å². The van der Waals surface area contributed by atoms with Gasteiger partial charge in [-0.15, -0.1) is 4.39 Å². The molecule has 34 heavy (non-hydrogen) atoms. The Morgan fingerprint density at radius 3 is 2.29 bits per heavy atom. The zero-order valence-electron chi connectivity index (χ0n) is 16.8. The first kappa shape index (κ1) is 25.0. The number of hydrogen-bond acceptors (Lipinski definition) is 4. The summed E-state index contributed by atoms with van der Waals surface area (Å²) in [4.78, 5) is 27.8. The molecule has 1 amide bonds. The minimum atomic E-state index is -5.94. The van der Waals surface area contributed by atoms with Gasteiger partial charge in [-0.25, -0.2) is 9.78 Å². The van der Waals surface area contributed by atoms with E-state index in [9.17, 15) is 49.1 Å². The van der Waals surface area contributed by atoms with E-state index in [1.807, 2.05) is 0 Å². The molecule has 3 heterocycles. The number of carbonyl (C=O) groups is 1. The van der Waals surface area contributed by atoms with Gasteiger partial charge in [0, 0.05) is 30.6 Å². The summed E-state index contributed by atoms with van der Waals surface area (Å²) < 4.78 is 119. The normalized spacial score (nSPS) is 12.9. The second kappa shape index (κ2) is 8.32. The van der Waals surface area contributed by atoms with Crippen molar-refractivity contribution in [3.8, 4) is 11.1 Å². The lowest BCUT2D eigenvalue weighted by Crippen LogP contribution is -2.40. The Morgan fingerprint density at radius 1 is 1.12 bits per heavy atom. The largest absolute Gasteiger partial charge is 0.455 e. The number of aromatic nitrogens is 4. The Labute approximate surface area is 183 Å². The van der Waals surface area contributed by atoms with Gasteiger partial charge in [0.2, 0.25) is 0 Å². The molecule has 0 spiro atoms. The third kappa shape index (κ3) is 4.56. The lowest BCUT2D eigenvalue weighted by Gasteiger charge is -2.19. The van der Waals surface area contributed by atoms with Gasteiger partial charge in [0.05, 0.1) is 17.4 Å². The monoisotopic (exact) mass is 501 g/mol. The highest BCUT2D eigenvalue weighted by molar-refractivity contribution is 5.87. The van der Waals surface area contributed by atoms with Gasteiger partial charge in [0.1, 0.15) is 12.2 Å². The Balaban J connectivity index is 2.19. The maximum Gasteiger partial charge on any atom is 0.455 e. The van der Waals surface area contributed by atoms with Crippen molar-refractivity contribution in [2.45, 2.75) is 31.7 Å². The highest BCUT2D eigenvalue weighted by Gasteiger charge is 2.57. The molecule has 7 nitrogen and oxygen atoms in total. The van der Waals surface area contributed by atoms with E-state index in [0.29, 0.717) is 21.7 Å². The van der Waals surface area contributed by atoms with Crippen LogP contribution in [0.3, 0.4) is 0 Å². The van der Waals surface area contributed by atoms with Gasteiger partial charge in [0.15, 0.2) is 5.69 Å². The number of hydrogen-bond donors (Lipinski definition) is 0. The average Bonchev–Trinajstić information content (AvgIpc) is 3.13. The number of amides is 1. The summed E-state index contributed by atoms with van der Waals surface area (Å²) in [7, 11) is 0. The first-order chi connectivity index (χ1) is 15.6. The van der Waals surface area contributed by atoms with E-state index >= 15 is 0 Å². The predicted molar refractivity (Wildman–Crippen MR) is 98.2 cm³/mol. The van der Waals surface area contributed by atoms with Crippen LogP contribution >= 0.6 is 0 Å². The minimum absolute atomic E-state index is 0.0480. The predicted octanol–water partition coefficient (Wildman–Crippen LogP) is 4.69. The Kier molecular flexibility index (Phi) is 6.13. The fraction of sp³-hybridized carbons (Fsp3) is 0.333. The van der Waals surface area contributed by atoms with E-state index in [1.165, 1.54) is 6.92 Å². The van der Waals surface area contributed by atoms with Crippen molar-refractivity contribution >= 4 is 17.5 Å². The Morgan fingerprint density at radius 2 is 1.76 bits per heavy atom. The van der Waals surface area contributed by atoms with Crippen molar-refractivity contribution in [1.82, 2.24) is 19.2 Å². The molecule has 16 heteroatoms. The van der Waals surface area contributed by atoms with Crippen LogP contribution in [0.5, 0.6) is 0 Å². The number of rotatable bonds is 5. The van der Waals surface area contributed by atoms with Crippen LogP contribution in [0.25, 0.3) is 16.8 Å². The van der Waals surface area contributed by atoms with E-state index in [1.54, 1.807) is 0 Å². The number of anilines is 1. The summed E-state index contributed by atoms with van der Waals surface area (Å²) >= 11 is 0. The summed E-state index contributed by atoms with van der Waals surface area (Å²) in [5.74, 6) is -5.24. The van der Waals surface area contributed by atoms with E-state index in [2.05, 4.69) is 10.1 Å². The number of alkyl halides is 8. The quantitative estimate of drug-likeness (QED) is 0.289. The van der Waals surface area contributed by atoms with Crippen LogP contribution in [0.1, 0.15) is 12.6 Å². The SMILES string of the molecule is CCN(C(=O)F)c1ccn2c(=O)c(-c3cnn(CC(F)(F)C(F)(F)F)c3)c(C(F)(F)F)nc2c1. The highest BCUT2D eigenvalue weighted by atomic mass is 19.4. The Hall–Kier alpha value is -3.59. The van der Waals surface area contributed by atoms with Crippen molar-refractivity contribution < 1.29 is 44.3 Å². The molecule has 0 radical (unpaired) electrons. The smallest absolute Gasteiger partial charge is 0.284 e. The van der Waals surface area contributed by atoms with E-state index < -0.39 is 59.0 Å². The van der Waals surface area contributed by atoms with E-state index in [0.717, 1.165) is 18.3 Å². The molecular formula is C18H12F9N5O2. The van der Waals surface area contributed by atoms with Crippen LogP contribution in [-0.2, 0) is 12.7 Å². The molecule has 0 aliphatic heterocycles. The zero-order chi connectivity index (χ0) is 25.6. The molecule has 0 saturated heterocycles. The van der Waals surface area contributed by atoms with E-state index in [4.69, 9.17) is 0 Å². The summed E-state index contributed by atoms with van der Waals surface area (Å²) in [6.45, 7) is -0.846. The maximum atomic E-state index is 13.7. The van der Waals surface area contributed by atoms with Crippen LogP contribution in [-0.4, -0.2) is 44.0 Å².